The third-order valence-corrected chi connectivity index (χ3v) is 4.66. The predicted molar refractivity (Wildman–Crippen MR) is 117 cm³/mol. The van der Waals surface area contributed by atoms with E-state index in [1.165, 1.54) is 16.7 Å². The molecular weight excluding hydrogens is 346 g/mol. The topological polar surface area (TPSA) is 30.5 Å². The average Bonchev–Trinajstić information content (AvgIpc) is 2.70. The molecule has 146 valence electrons. The molecule has 0 radical (unpaired) electrons. The van der Waals surface area contributed by atoms with E-state index >= 15 is 0 Å². The van der Waals surface area contributed by atoms with E-state index in [4.69, 9.17) is 9.47 Å². The first-order valence-corrected chi connectivity index (χ1v) is 9.85. The van der Waals surface area contributed by atoms with E-state index in [1.807, 2.05) is 24.3 Å². The molecule has 3 heteroatoms. The van der Waals surface area contributed by atoms with E-state index < -0.39 is 0 Å². The first-order valence-electron chi connectivity index (χ1n) is 9.85. The fraction of sp³-hybridized carbons (Fsp3) is 0.280. The molecule has 0 saturated heterocycles. The predicted octanol–water partition coefficient (Wildman–Crippen LogP) is 5.80. The van der Waals surface area contributed by atoms with Crippen molar-refractivity contribution >= 4 is 5.69 Å². The van der Waals surface area contributed by atoms with Crippen molar-refractivity contribution in [2.45, 2.75) is 33.3 Å². The summed E-state index contributed by atoms with van der Waals surface area (Å²) >= 11 is 0. The van der Waals surface area contributed by atoms with E-state index in [9.17, 15) is 0 Å². The molecule has 3 aromatic rings. The van der Waals surface area contributed by atoms with Gasteiger partial charge in [-0.3, -0.25) is 0 Å². The Balaban J connectivity index is 1.48. The minimum absolute atomic E-state index is 0.0578. The van der Waals surface area contributed by atoms with Gasteiger partial charge in [-0.05, 0) is 49.6 Å². The Kier molecular flexibility index (Phi) is 6.96. The molecule has 28 heavy (non-hydrogen) atoms. The van der Waals surface area contributed by atoms with Gasteiger partial charge in [-0.25, -0.2) is 0 Å². The first kappa shape index (κ1) is 19.8. The van der Waals surface area contributed by atoms with E-state index in [1.54, 1.807) is 0 Å². The van der Waals surface area contributed by atoms with Crippen molar-refractivity contribution in [1.29, 1.82) is 0 Å². The number of hydrogen-bond donors (Lipinski definition) is 1. The fourth-order valence-corrected chi connectivity index (χ4v) is 3.12. The molecule has 1 atom stereocenters. The number of ether oxygens (including phenoxy) is 2. The second kappa shape index (κ2) is 9.84. The molecule has 0 bridgehead atoms. The van der Waals surface area contributed by atoms with Crippen LogP contribution in [0.1, 0.15) is 23.6 Å². The van der Waals surface area contributed by atoms with Gasteiger partial charge in [0.25, 0.3) is 0 Å². The van der Waals surface area contributed by atoms with Crippen LogP contribution in [0.15, 0.2) is 72.8 Å². The molecule has 3 rings (SSSR count). The molecule has 0 aliphatic rings. The van der Waals surface area contributed by atoms with Crippen molar-refractivity contribution in [3.05, 3.63) is 89.5 Å². The smallest absolute Gasteiger partial charge is 0.125 e. The van der Waals surface area contributed by atoms with Crippen LogP contribution in [-0.4, -0.2) is 19.3 Å². The van der Waals surface area contributed by atoms with Crippen LogP contribution in [0.25, 0.3) is 0 Å². The molecule has 0 unspecified atom stereocenters. The molecule has 0 saturated carbocycles. The lowest BCUT2D eigenvalue weighted by atomic mass is 10.1. The molecule has 0 aromatic heterocycles. The summed E-state index contributed by atoms with van der Waals surface area (Å²) < 4.78 is 12.1. The number of nitrogens with one attached hydrogen (secondary N) is 1. The van der Waals surface area contributed by atoms with Crippen molar-refractivity contribution < 1.29 is 9.47 Å². The van der Waals surface area contributed by atoms with E-state index in [0.29, 0.717) is 6.61 Å². The quantitative estimate of drug-likeness (QED) is 0.512. The summed E-state index contributed by atoms with van der Waals surface area (Å²) in [5.41, 5.74) is 4.66. The van der Waals surface area contributed by atoms with Crippen LogP contribution in [0.4, 0.5) is 5.69 Å². The summed E-state index contributed by atoms with van der Waals surface area (Å²) in [5.74, 6) is 1.86. The Hall–Kier alpha value is -2.94. The second-order valence-corrected chi connectivity index (χ2v) is 7.14. The maximum atomic E-state index is 6.15. The van der Waals surface area contributed by atoms with Crippen LogP contribution in [0.5, 0.6) is 11.5 Å². The minimum Gasteiger partial charge on any atom is -0.493 e. The third-order valence-electron chi connectivity index (χ3n) is 4.66. The highest BCUT2D eigenvalue weighted by Gasteiger charge is 2.09. The van der Waals surface area contributed by atoms with Crippen molar-refractivity contribution in [3.8, 4) is 11.5 Å². The molecular formula is C25H29NO2. The number of benzene rings is 3. The second-order valence-electron chi connectivity index (χ2n) is 7.14. The lowest BCUT2D eigenvalue weighted by Gasteiger charge is -2.19. The van der Waals surface area contributed by atoms with Gasteiger partial charge in [-0.1, -0.05) is 54.6 Å². The van der Waals surface area contributed by atoms with Gasteiger partial charge in [0.1, 0.15) is 17.6 Å². The van der Waals surface area contributed by atoms with Crippen molar-refractivity contribution in [1.82, 2.24) is 0 Å². The zero-order valence-electron chi connectivity index (χ0n) is 16.9. The Labute approximate surface area is 168 Å². The van der Waals surface area contributed by atoms with Gasteiger partial charge in [-0.15, -0.1) is 0 Å². The summed E-state index contributed by atoms with van der Waals surface area (Å²) in [7, 11) is 0. The van der Waals surface area contributed by atoms with Crippen LogP contribution in [0.3, 0.4) is 0 Å². The summed E-state index contributed by atoms with van der Waals surface area (Å²) in [6.07, 6.45) is 0.960. The third kappa shape index (κ3) is 5.78. The normalized spacial score (nSPS) is 11.7. The lowest BCUT2D eigenvalue weighted by molar-refractivity contribution is 0.231. The van der Waals surface area contributed by atoms with Gasteiger partial charge in [0.15, 0.2) is 0 Å². The van der Waals surface area contributed by atoms with Crippen LogP contribution in [-0.2, 0) is 6.42 Å². The molecule has 0 heterocycles. The maximum absolute atomic E-state index is 6.15. The largest absolute Gasteiger partial charge is 0.493 e. The van der Waals surface area contributed by atoms with Gasteiger partial charge in [0.2, 0.25) is 0 Å². The van der Waals surface area contributed by atoms with Crippen molar-refractivity contribution in [2.75, 3.05) is 18.5 Å². The Bertz CT molecular complexity index is 856. The van der Waals surface area contributed by atoms with Gasteiger partial charge in [0, 0.05) is 18.2 Å². The maximum Gasteiger partial charge on any atom is 0.125 e. The molecule has 0 aliphatic carbocycles. The minimum atomic E-state index is 0.0578. The molecule has 0 spiro atoms. The standard InChI is InChI=1S/C25H29NO2/c1-19-9-7-10-20(2)25(19)28-21(3)18-26-23-13-8-14-24(17-23)27-16-15-22-11-5-4-6-12-22/h4-14,17,21,26H,15-16,18H2,1-3H3/t21-/m0/s1. The number of rotatable bonds is 9. The monoisotopic (exact) mass is 375 g/mol. The SMILES string of the molecule is Cc1cccc(C)c1O[C@@H](C)CNc1cccc(OCCc2ccccc2)c1. The van der Waals surface area contributed by atoms with Gasteiger partial charge in [-0.2, -0.15) is 0 Å². The van der Waals surface area contributed by atoms with E-state index in [2.05, 4.69) is 74.6 Å². The highest BCUT2D eigenvalue weighted by Crippen LogP contribution is 2.24. The Morgan fingerprint density at radius 1 is 0.857 bits per heavy atom. The highest BCUT2D eigenvalue weighted by molar-refractivity contribution is 5.48. The first-order chi connectivity index (χ1) is 13.6. The molecule has 3 nitrogen and oxygen atoms in total. The number of hydrogen-bond acceptors (Lipinski definition) is 3. The number of para-hydroxylation sites is 1. The van der Waals surface area contributed by atoms with Crippen LogP contribution in [0, 0.1) is 13.8 Å². The van der Waals surface area contributed by atoms with E-state index in [0.717, 1.165) is 30.2 Å². The number of aryl methyl sites for hydroxylation is 2. The van der Waals surface area contributed by atoms with Gasteiger partial charge >= 0.3 is 0 Å². The lowest BCUT2D eigenvalue weighted by Crippen LogP contribution is -2.23. The number of anilines is 1. The van der Waals surface area contributed by atoms with Crippen LogP contribution < -0.4 is 14.8 Å². The molecule has 0 fully saturated rings. The van der Waals surface area contributed by atoms with Crippen LogP contribution >= 0.6 is 0 Å². The zero-order chi connectivity index (χ0) is 19.8. The summed E-state index contributed by atoms with van der Waals surface area (Å²) in [4.78, 5) is 0. The zero-order valence-corrected chi connectivity index (χ0v) is 16.9. The molecule has 3 aromatic carbocycles. The highest BCUT2D eigenvalue weighted by atomic mass is 16.5. The Morgan fingerprint density at radius 3 is 2.32 bits per heavy atom. The summed E-state index contributed by atoms with van der Waals surface area (Å²) in [6, 6.07) is 24.7. The molecule has 1 N–H and O–H groups in total. The van der Waals surface area contributed by atoms with Gasteiger partial charge < -0.3 is 14.8 Å². The fourth-order valence-electron chi connectivity index (χ4n) is 3.12. The molecule has 0 aliphatic heterocycles. The van der Waals surface area contributed by atoms with E-state index in [-0.39, 0.29) is 6.10 Å². The summed E-state index contributed by atoms with van der Waals surface area (Å²) in [6.45, 7) is 7.64. The van der Waals surface area contributed by atoms with Crippen molar-refractivity contribution in [3.63, 3.8) is 0 Å². The van der Waals surface area contributed by atoms with Gasteiger partial charge in [0.05, 0.1) is 13.2 Å². The summed E-state index contributed by atoms with van der Waals surface area (Å²) in [5, 5.41) is 3.45. The van der Waals surface area contributed by atoms with Crippen LogP contribution in [0.2, 0.25) is 0 Å². The molecule has 0 amide bonds. The average molecular weight is 376 g/mol. The Morgan fingerprint density at radius 2 is 1.57 bits per heavy atom. The van der Waals surface area contributed by atoms with Crippen molar-refractivity contribution in [2.24, 2.45) is 0 Å².